The molecule has 0 radical (unpaired) electrons. The Bertz CT molecular complexity index is 171. The van der Waals surface area contributed by atoms with Crippen LogP contribution in [0.2, 0.25) is 0 Å². The largest absolute Gasteiger partial charge is 0.469 e. The average molecular weight is 156 g/mol. The second-order valence-electron chi connectivity index (χ2n) is 2.71. The summed E-state index contributed by atoms with van der Waals surface area (Å²) in [7, 11) is 1.50. The van der Waals surface area contributed by atoms with Gasteiger partial charge in [-0.3, -0.25) is 0 Å². The molecular formula is C8H16N2O. The van der Waals surface area contributed by atoms with Gasteiger partial charge in [-0.2, -0.15) is 0 Å². The number of rotatable bonds is 2. The van der Waals surface area contributed by atoms with Crippen LogP contribution in [0.25, 0.3) is 0 Å². The van der Waals surface area contributed by atoms with Gasteiger partial charge in [-0.15, -0.1) is 0 Å². The van der Waals surface area contributed by atoms with Crippen LogP contribution in [0.3, 0.4) is 0 Å². The van der Waals surface area contributed by atoms with Gasteiger partial charge in [-0.1, -0.05) is 19.9 Å². The predicted octanol–water partition coefficient (Wildman–Crippen LogP) is 1.51. The van der Waals surface area contributed by atoms with E-state index in [1.807, 2.05) is 13.0 Å². The summed E-state index contributed by atoms with van der Waals surface area (Å²) in [5.41, 5.74) is 6.22. The quantitative estimate of drug-likeness (QED) is 0.486. The van der Waals surface area contributed by atoms with Crippen molar-refractivity contribution in [2.75, 3.05) is 7.11 Å². The molecule has 0 fully saturated rings. The number of ether oxygens (including phenoxy) is 1. The van der Waals surface area contributed by atoms with E-state index in [4.69, 9.17) is 5.73 Å². The van der Waals surface area contributed by atoms with Gasteiger partial charge in [0.15, 0.2) is 0 Å². The van der Waals surface area contributed by atoms with Gasteiger partial charge in [0.2, 0.25) is 0 Å². The lowest BCUT2D eigenvalue weighted by Gasteiger charge is -1.99. The summed E-state index contributed by atoms with van der Waals surface area (Å²) in [6.07, 6.45) is 2.02. The third-order valence-electron chi connectivity index (χ3n) is 1.07. The maximum absolute atomic E-state index is 5.34. The van der Waals surface area contributed by atoms with Crippen molar-refractivity contribution >= 4 is 6.02 Å². The monoisotopic (exact) mass is 156 g/mol. The minimum Gasteiger partial charge on any atom is -0.469 e. The van der Waals surface area contributed by atoms with Crippen molar-refractivity contribution in [3.63, 3.8) is 0 Å². The fourth-order valence-electron chi connectivity index (χ4n) is 0.739. The molecule has 0 aromatic rings. The summed E-state index contributed by atoms with van der Waals surface area (Å²) >= 11 is 0. The molecule has 3 heteroatoms. The zero-order valence-corrected chi connectivity index (χ0v) is 7.59. The summed E-state index contributed by atoms with van der Waals surface area (Å²) < 4.78 is 4.69. The lowest BCUT2D eigenvalue weighted by molar-refractivity contribution is 0.396. The summed E-state index contributed by atoms with van der Waals surface area (Å²) in [6.45, 7) is 6.07. The van der Waals surface area contributed by atoms with Crippen LogP contribution in [0.15, 0.2) is 16.8 Å². The Labute approximate surface area is 68.0 Å². The van der Waals surface area contributed by atoms with Crippen molar-refractivity contribution in [3.8, 4) is 0 Å². The van der Waals surface area contributed by atoms with Gasteiger partial charge in [0.25, 0.3) is 6.02 Å². The molecule has 0 atom stereocenters. The van der Waals surface area contributed by atoms with Crippen LogP contribution in [0.5, 0.6) is 0 Å². The normalized spacial score (nSPS) is 13.9. The molecule has 0 spiro atoms. The van der Waals surface area contributed by atoms with Crippen molar-refractivity contribution in [1.29, 1.82) is 0 Å². The second-order valence-corrected chi connectivity index (χ2v) is 2.71. The standard InChI is InChI=1S/C8H16N2O/c1-6(2)5-7(3)10-8(9)11-4/h5-6H,1-4H3,(H2,9,10)/b7-5-. The highest BCUT2D eigenvalue weighted by Gasteiger charge is 1.91. The van der Waals surface area contributed by atoms with Gasteiger partial charge in [-0.05, 0) is 12.8 Å². The van der Waals surface area contributed by atoms with Crippen molar-refractivity contribution in [2.24, 2.45) is 16.6 Å². The van der Waals surface area contributed by atoms with E-state index in [-0.39, 0.29) is 6.02 Å². The smallest absolute Gasteiger partial charge is 0.286 e. The number of amidine groups is 1. The SMILES string of the molecule is COC(N)=N/C(C)=C\C(C)C. The highest BCUT2D eigenvalue weighted by atomic mass is 16.5. The van der Waals surface area contributed by atoms with E-state index >= 15 is 0 Å². The minimum absolute atomic E-state index is 0.208. The zero-order valence-electron chi connectivity index (χ0n) is 7.59. The molecule has 2 N–H and O–H groups in total. The predicted molar refractivity (Wildman–Crippen MR) is 47.2 cm³/mol. The third-order valence-corrected chi connectivity index (χ3v) is 1.07. The maximum atomic E-state index is 5.34. The molecule has 0 aromatic heterocycles. The van der Waals surface area contributed by atoms with E-state index in [0.717, 1.165) is 5.70 Å². The average Bonchev–Trinajstić information content (AvgIpc) is 1.85. The zero-order chi connectivity index (χ0) is 8.85. The van der Waals surface area contributed by atoms with Gasteiger partial charge in [0.05, 0.1) is 7.11 Å². The number of allylic oxidation sites excluding steroid dienone is 2. The lowest BCUT2D eigenvalue weighted by Crippen LogP contribution is -2.13. The molecule has 0 heterocycles. The molecule has 0 aliphatic carbocycles. The first kappa shape index (κ1) is 10.0. The number of aliphatic imine (C=N–C) groups is 1. The Hall–Kier alpha value is -0.990. The number of nitrogens with zero attached hydrogens (tertiary/aromatic N) is 1. The molecule has 0 rings (SSSR count). The minimum atomic E-state index is 0.208. The van der Waals surface area contributed by atoms with Crippen LogP contribution < -0.4 is 5.73 Å². The first-order chi connectivity index (χ1) is 5.06. The van der Waals surface area contributed by atoms with Gasteiger partial charge < -0.3 is 10.5 Å². The van der Waals surface area contributed by atoms with Gasteiger partial charge in [0.1, 0.15) is 0 Å². The fourth-order valence-corrected chi connectivity index (χ4v) is 0.739. The Morgan fingerprint density at radius 1 is 1.55 bits per heavy atom. The van der Waals surface area contributed by atoms with Crippen molar-refractivity contribution in [2.45, 2.75) is 20.8 Å². The number of methoxy groups -OCH3 is 1. The number of hydrogen-bond acceptors (Lipinski definition) is 2. The van der Waals surface area contributed by atoms with E-state index in [2.05, 4.69) is 23.6 Å². The Morgan fingerprint density at radius 3 is 2.45 bits per heavy atom. The first-order valence-electron chi connectivity index (χ1n) is 3.62. The summed E-state index contributed by atoms with van der Waals surface area (Å²) in [4.78, 5) is 3.97. The van der Waals surface area contributed by atoms with Gasteiger partial charge >= 0.3 is 0 Å². The molecule has 64 valence electrons. The van der Waals surface area contributed by atoms with Crippen LogP contribution >= 0.6 is 0 Å². The molecular weight excluding hydrogens is 140 g/mol. The van der Waals surface area contributed by atoms with E-state index in [0.29, 0.717) is 5.92 Å². The van der Waals surface area contributed by atoms with Crippen molar-refractivity contribution in [1.82, 2.24) is 0 Å². The van der Waals surface area contributed by atoms with E-state index in [9.17, 15) is 0 Å². The van der Waals surface area contributed by atoms with E-state index in [1.165, 1.54) is 7.11 Å². The Kier molecular flexibility index (Phi) is 4.34. The molecule has 0 aliphatic rings. The van der Waals surface area contributed by atoms with Crippen molar-refractivity contribution < 1.29 is 4.74 Å². The van der Waals surface area contributed by atoms with E-state index in [1.54, 1.807) is 0 Å². The topological polar surface area (TPSA) is 47.6 Å². The van der Waals surface area contributed by atoms with Gasteiger partial charge in [-0.25, -0.2) is 4.99 Å². The highest BCUT2D eigenvalue weighted by molar-refractivity contribution is 5.72. The molecule has 3 nitrogen and oxygen atoms in total. The van der Waals surface area contributed by atoms with Crippen LogP contribution in [0.4, 0.5) is 0 Å². The molecule has 0 bridgehead atoms. The Morgan fingerprint density at radius 2 is 2.09 bits per heavy atom. The lowest BCUT2D eigenvalue weighted by atomic mass is 10.2. The molecule has 0 unspecified atom stereocenters. The first-order valence-corrected chi connectivity index (χ1v) is 3.62. The van der Waals surface area contributed by atoms with Crippen LogP contribution in [0.1, 0.15) is 20.8 Å². The third kappa shape index (κ3) is 5.45. The maximum Gasteiger partial charge on any atom is 0.286 e. The molecule has 0 amide bonds. The molecule has 0 saturated heterocycles. The summed E-state index contributed by atoms with van der Waals surface area (Å²) in [5.74, 6) is 0.489. The van der Waals surface area contributed by atoms with Crippen LogP contribution in [-0.2, 0) is 4.74 Å². The molecule has 0 saturated carbocycles. The molecule has 0 aromatic carbocycles. The second kappa shape index (κ2) is 4.77. The van der Waals surface area contributed by atoms with E-state index < -0.39 is 0 Å². The van der Waals surface area contributed by atoms with Gasteiger partial charge in [0, 0.05) is 5.70 Å². The highest BCUT2D eigenvalue weighted by Crippen LogP contribution is 2.02. The van der Waals surface area contributed by atoms with Crippen molar-refractivity contribution in [3.05, 3.63) is 11.8 Å². The summed E-state index contributed by atoms with van der Waals surface area (Å²) in [6, 6.07) is 0.208. The van der Waals surface area contributed by atoms with Crippen LogP contribution in [0, 0.1) is 5.92 Å². The molecule has 11 heavy (non-hydrogen) atoms. The fraction of sp³-hybridized carbons (Fsp3) is 0.625. The number of hydrogen-bond donors (Lipinski definition) is 1. The molecule has 0 aliphatic heterocycles. The van der Waals surface area contributed by atoms with Crippen LogP contribution in [-0.4, -0.2) is 13.1 Å². The Balaban J connectivity index is 4.15. The number of nitrogens with two attached hydrogens (primary N) is 1. The summed E-state index contributed by atoms with van der Waals surface area (Å²) in [5, 5.41) is 0.